The van der Waals surface area contributed by atoms with Crippen LogP contribution in [0.3, 0.4) is 0 Å². The van der Waals surface area contributed by atoms with Crippen molar-refractivity contribution in [3.8, 4) is 0 Å². The Morgan fingerprint density at radius 1 is 1.26 bits per heavy atom. The Morgan fingerprint density at radius 2 is 1.97 bits per heavy atom. The molecule has 1 saturated heterocycles. The van der Waals surface area contributed by atoms with Crippen LogP contribution >= 0.6 is 7.82 Å². The Kier molecular flexibility index (Phi) is 6.51. The van der Waals surface area contributed by atoms with Gasteiger partial charge in [0.15, 0.2) is 23.2 Å². The zero-order valence-corrected chi connectivity index (χ0v) is 16.2. The quantitative estimate of drug-likeness (QED) is 0.295. The van der Waals surface area contributed by atoms with E-state index in [-0.39, 0.29) is 17.0 Å². The Morgan fingerprint density at radius 3 is 2.58 bits per heavy atom. The van der Waals surface area contributed by atoms with Crippen LogP contribution in [0.4, 0.5) is 5.82 Å². The number of aliphatic hydroxyl groups excluding tert-OH is 2. The summed E-state index contributed by atoms with van der Waals surface area (Å²) in [4.78, 5) is 54.8. The number of nitrogens with zero attached hydrogens (tertiary/aromatic N) is 4. The van der Waals surface area contributed by atoms with E-state index in [0.29, 0.717) is 0 Å². The van der Waals surface area contributed by atoms with Crippen molar-refractivity contribution in [1.29, 1.82) is 0 Å². The molecule has 1 fully saturated rings. The van der Waals surface area contributed by atoms with E-state index in [1.165, 1.54) is 0 Å². The van der Waals surface area contributed by atoms with E-state index < -0.39 is 63.4 Å². The summed E-state index contributed by atoms with van der Waals surface area (Å²) in [5, 5.41) is 44.5. The van der Waals surface area contributed by atoms with Crippen LogP contribution in [-0.4, -0.2) is 72.6 Å². The first kappa shape index (κ1) is 23.0. The van der Waals surface area contributed by atoms with Gasteiger partial charge in [0.1, 0.15) is 24.6 Å². The summed E-state index contributed by atoms with van der Waals surface area (Å²) < 4.78 is 21.2. The molecular formula is C14H14N5O11P-4. The van der Waals surface area contributed by atoms with Crippen molar-refractivity contribution in [2.45, 2.75) is 37.0 Å². The summed E-state index contributed by atoms with van der Waals surface area (Å²) in [6.45, 7) is -0.843. The number of carbonyl (C=O) groups is 2. The van der Waals surface area contributed by atoms with Crippen molar-refractivity contribution in [2.75, 3.05) is 11.9 Å². The molecule has 1 aliphatic heterocycles. The van der Waals surface area contributed by atoms with Gasteiger partial charge in [-0.15, -0.1) is 0 Å². The number of anilines is 1. The highest BCUT2D eigenvalue weighted by Crippen LogP contribution is 2.34. The van der Waals surface area contributed by atoms with Crippen molar-refractivity contribution in [3.63, 3.8) is 0 Å². The van der Waals surface area contributed by atoms with Crippen LogP contribution in [-0.2, 0) is 23.4 Å². The summed E-state index contributed by atoms with van der Waals surface area (Å²) in [6, 6.07) is -1.69. The van der Waals surface area contributed by atoms with Crippen LogP contribution in [0.15, 0.2) is 12.7 Å². The Labute approximate surface area is 172 Å². The first-order valence-corrected chi connectivity index (χ1v) is 9.97. The number of hydrogen-bond donors (Lipinski definition) is 3. The second kappa shape index (κ2) is 8.80. The number of carboxylic acids is 2. The third kappa shape index (κ3) is 5.13. The van der Waals surface area contributed by atoms with Gasteiger partial charge in [0, 0.05) is 12.4 Å². The predicted octanol–water partition coefficient (Wildman–Crippen LogP) is -6.04. The van der Waals surface area contributed by atoms with Crippen LogP contribution in [0.25, 0.3) is 11.2 Å². The van der Waals surface area contributed by atoms with Gasteiger partial charge in [0.05, 0.1) is 32.8 Å². The zero-order valence-electron chi connectivity index (χ0n) is 15.3. The maximum atomic E-state index is 11.1. The molecule has 170 valence electrons. The van der Waals surface area contributed by atoms with Gasteiger partial charge in [-0.05, 0) is 0 Å². The van der Waals surface area contributed by atoms with E-state index in [1.807, 2.05) is 0 Å². The number of phosphoric ester groups is 1. The lowest BCUT2D eigenvalue weighted by molar-refractivity contribution is -0.343. The monoisotopic (exact) mass is 459 g/mol. The van der Waals surface area contributed by atoms with Gasteiger partial charge < -0.3 is 58.9 Å². The molecule has 3 heterocycles. The average Bonchev–Trinajstić information content (AvgIpc) is 3.21. The molecule has 0 saturated carbocycles. The maximum Gasteiger partial charge on any atom is 0.167 e. The van der Waals surface area contributed by atoms with Crippen molar-refractivity contribution in [1.82, 2.24) is 19.5 Å². The number of carboxylic acid groups (broad SMARTS) is 2. The number of aromatic nitrogens is 4. The second-order valence-corrected chi connectivity index (χ2v) is 7.58. The van der Waals surface area contributed by atoms with Crippen LogP contribution in [0.5, 0.6) is 0 Å². The van der Waals surface area contributed by atoms with Crippen molar-refractivity contribution < 1.29 is 53.6 Å². The fourth-order valence-corrected chi connectivity index (χ4v) is 3.26. The summed E-state index contributed by atoms with van der Waals surface area (Å²) in [5.74, 6) is -3.56. The number of imidazole rings is 1. The van der Waals surface area contributed by atoms with E-state index in [9.17, 15) is 44.4 Å². The minimum Gasteiger partial charge on any atom is -0.790 e. The highest BCUT2D eigenvalue weighted by atomic mass is 31.2. The molecule has 1 unspecified atom stereocenters. The molecule has 2 aromatic rings. The van der Waals surface area contributed by atoms with Gasteiger partial charge in [-0.25, -0.2) is 15.0 Å². The first-order valence-electron chi connectivity index (χ1n) is 8.51. The predicted molar refractivity (Wildman–Crippen MR) is 86.8 cm³/mol. The van der Waals surface area contributed by atoms with Crippen molar-refractivity contribution in [2.24, 2.45) is 0 Å². The largest absolute Gasteiger partial charge is 0.790 e. The van der Waals surface area contributed by atoms with E-state index in [1.54, 1.807) is 0 Å². The molecule has 3 rings (SSSR count). The van der Waals surface area contributed by atoms with Gasteiger partial charge in [0.2, 0.25) is 0 Å². The summed E-state index contributed by atoms with van der Waals surface area (Å²) >= 11 is 0. The van der Waals surface area contributed by atoms with Crippen molar-refractivity contribution in [3.05, 3.63) is 12.7 Å². The third-order valence-electron chi connectivity index (χ3n) is 4.33. The van der Waals surface area contributed by atoms with Crippen molar-refractivity contribution >= 4 is 36.7 Å². The molecule has 0 amide bonds. The number of aliphatic hydroxyl groups is 2. The van der Waals surface area contributed by atoms with E-state index >= 15 is 0 Å². The van der Waals surface area contributed by atoms with E-state index in [2.05, 4.69) is 24.8 Å². The average molecular weight is 459 g/mol. The lowest BCUT2D eigenvalue weighted by Gasteiger charge is -2.30. The Bertz CT molecular complexity index is 1030. The maximum absolute atomic E-state index is 11.1. The normalized spacial score (nSPS) is 24.9. The molecule has 1 aliphatic rings. The van der Waals surface area contributed by atoms with Gasteiger partial charge in [0.25, 0.3) is 0 Å². The number of phosphoric acid groups is 1. The fourth-order valence-electron chi connectivity index (χ4n) is 2.93. The van der Waals surface area contributed by atoms with Gasteiger partial charge in [-0.3, -0.25) is 4.57 Å². The van der Waals surface area contributed by atoms with Crippen LogP contribution in [0.1, 0.15) is 12.6 Å². The molecule has 5 atom stereocenters. The fraction of sp³-hybridized carbons (Fsp3) is 0.500. The smallest absolute Gasteiger partial charge is 0.167 e. The number of carbonyl (C=O) groups excluding carboxylic acids is 2. The molecule has 0 spiro atoms. The number of aliphatic carboxylic acids is 2. The Hall–Kier alpha value is -2.72. The molecule has 2 aromatic heterocycles. The minimum absolute atomic E-state index is 0.0146. The minimum atomic E-state index is -5.34. The number of ether oxygens (including phenoxy) is 1. The lowest BCUT2D eigenvalue weighted by atomic mass is 10.1. The van der Waals surface area contributed by atoms with Crippen LogP contribution in [0, 0.1) is 0 Å². The molecule has 16 nitrogen and oxygen atoms in total. The molecule has 3 N–H and O–H groups in total. The Balaban J connectivity index is 1.86. The molecule has 0 aliphatic carbocycles. The van der Waals surface area contributed by atoms with Gasteiger partial charge >= 0.3 is 0 Å². The second-order valence-electron chi connectivity index (χ2n) is 6.43. The van der Waals surface area contributed by atoms with Crippen LogP contribution < -0.4 is 25.3 Å². The highest BCUT2D eigenvalue weighted by Gasteiger charge is 2.44. The summed E-state index contributed by atoms with van der Waals surface area (Å²) in [5.41, 5.74) is -0.0557. The molecule has 0 bridgehead atoms. The number of nitrogens with one attached hydrogen (secondary N) is 1. The van der Waals surface area contributed by atoms with Crippen LogP contribution in [0.2, 0.25) is 0 Å². The molecule has 17 heteroatoms. The molecule has 0 radical (unpaired) electrons. The van der Waals surface area contributed by atoms with E-state index in [0.717, 1.165) is 17.2 Å². The van der Waals surface area contributed by atoms with Gasteiger partial charge in [-0.2, -0.15) is 0 Å². The number of rotatable bonds is 9. The third-order valence-corrected chi connectivity index (χ3v) is 4.80. The number of fused-ring (bicyclic) bond motifs is 1. The molecular weight excluding hydrogens is 445 g/mol. The lowest BCUT2D eigenvalue weighted by Crippen LogP contribution is -2.44. The highest BCUT2D eigenvalue weighted by molar-refractivity contribution is 7.43. The summed E-state index contributed by atoms with van der Waals surface area (Å²) in [7, 11) is -5.34. The topological polar surface area (TPSA) is 258 Å². The van der Waals surface area contributed by atoms with Gasteiger partial charge in [-0.1, -0.05) is 0 Å². The molecule has 31 heavy (non-hydrogen) atoms. The first-order chi connectivity index (χ1) is 14.5. The zero-order chi connectivity index (χ0) is 22.9. The number of hydrogen-bond acceptors (Lipinski definition) is 15. The van der Waals surface area contributed by atoms with E-state index in [4.69, 9.17) is 4.74 Å². The standard InChI is InChI=1S/C14H18N5O11P/c20-7(21)1-5(14(24)25)18-11-8-12(16-3-15-11)19(4-17-8)13-10(23)9(22)6(30-13)2-29-31(26,27)28/h3-6,9-10,13,22-23H,1-2H2,(H,20,21)(H,24,25)(H,15,16,18)(H2,26,27,28)/p-4/t5?,6-,9-,10-,13-/m1/s1. The SMILES string of the molecule is O=C([O-])CC(Nc1ncnc2c1ncn2[C@@H]1O[C@H](COP(=O)([O-])[O-])[C@@H](O)[C@H]1O)C(=O)[O-]. The summed E-state index contributed by atoms with van der Waals surface area (Å²) in [6.07, 6.45) is -4.78. The molecule has 0 aromatic carbocycles.